The van der Waals surface area contributed by atoms with Crippen LogP contribution in [0.5, 0.6) is 11.5 Å². The number of amides is 1. The molecule has 5 rings (SSSR count). The van der Waals surface area contributed by atoms with Crippen LogP contribution in [0.3, 0.4) is 0 Å². The Morgan fingerprint density at radius 2 is 1.69 bits per heavy atom. The molecule has 0 saturated heterocycles. The first-order valence-corrected chi connectivity index (χ1v) is 12.1. The van der Waals surface area contributed by atoms with Crippen LogP contribution in [-0.2, 0) is 16.6 Å². The van der Waals surface area contributed by atoms with E-state index in [1.165, 1.54) is 0 Å². The maximum atomic E-state index is 13.4. The number of ether oxygens (including phenoxy) is 2. The summed E-state index contributed by atoms with van der Waals surface area (Å²) in [5, 5.41) is 20.9. The minimum Gasteiger partial charge on any atom is -0.454 e. The van der Waals surface area contributed by atoms with E-state index in [9.17, 15) is 19.8 Å². The molecule has 0 unspecified atom stereocenters. The molecule has 36 heavy (non-hydrogen) atoms. The number of carbonyl (C=O) groups is 2. The van der Waals surface area contributed by atoms with E-state index in [1.54, 1.807) is 12.1 Å². The maximum Gasteiger partial charge on any atom is 0.251 e. The second-order valence-electron chi connectivity index (χ2n) is 9.51. The Balaban J connectivity index is 0.00000178. The van der Waals surface area contributed by atoms with Gasteiger partial charge < -0.3 is 25.0 Å². The van der Waals surface area contributed by atoms with Crippen LogP contribution in [0, 0.1) is 6.92 Å². The summed E-state index contributed by atoms with van der Waals surface area (Å²) in [6.07, 6.45) is 2.01. The molecule has 1 aliphatic heterocycles. The minimum atomic E-state index is -0.693. The predicted octanol–water partition coefficient (Wildman–Crippen LogP) is 4.06. The summed E-state index contributed by atoms with van der Waals surface area (Å²) in [4.78, 5) is 25.8. The van der Waals surface area contributed by atoms with E-state index in [1.807, 2.05) is 55.5 Å². The molecule has 3 N–H and O–H groups in total. The number of nitrogens with one attached hydrogen (secondary N) is 1. The Hall–Kier alpha value is -3.68. The molecular weight excluding hydrogens is 458 g/mol. The molecule has 1 heterocycles. The van der Waals surface area contributed by atoms with Crippen LogP contribution in [0.4, 0.5) is 0 Å². The molecule has 1 amide bonds. The Labute approximate surface area is 214 Å². The number of fused-ring (bicyclic) bond motifs is 1. The zero-order valence-electron chi connectivity index (χ0n) is 20.1. The van der Waals surface area contributed by atoms with Crippen LogP contribution >= 0.6 is 0 Å². The molecule has 3 aromatic carbocycles. The number of Topliss-reactive ketones (excluding diaryl/α,β-unsaturated/α-hetero) is 1. The van der Waals surface area contributed by atoms with Gasteiger partial charge in [-0.25, -0.2) is 0 Å². The quantitative estimate of drug-likeness (QED) is 0.415. The molecule has 1 aliphatic carbocycles. The van der Waals surface area contributed by atoms with Crippen molar-refractivity contribution in [2.45, 2.75) is 37.6 Å². The number of rotatable bonds is 9. The van der Waals surface area contributed by atoms with Gasteiger partial charge >= 0.3 is 0 Å². The molecule has 0 aromatic heterocycles. The van der Waals surface area contributed by atoms with Crippen molar-refractivity contribution in [3.63, 3.8) is 0 Å². The summed E-state index contributed by atoms with van der Waals surface area (Å²) in [6, 6.07) is 18.3. The molecule has 1 saturated carbocycles. The normalized spacial score (nSPS) is 15.1. The van der Waals surface area contributed by atoms with Gasteiger partial charge in [-0.15, -0.1) is 0 Å². The van der Waals surface area contributed by atoms with Gasteiger partial charge in [0, 0.05) is 16.3 Å². The van der Waals surface area contributed by atoms with Crippen molar-refractivity contribution in [2.24, 2.45) is 0 Å². The molecule has 0 bridgehead atoms. The van der Waals surface area contributed by atoms with Gasteiger partial charge in [0.25, 0.3) is 5.91 Å². The molecule has 3 aromatic rings. The lowest BCUT2D eigenvalue weighted by atomic mass is 9.87. The van der Waals surface area contributed by atoms with Crippen LogP contribution in [-0.4, -0.2) is 48.0 Å². The monoisotopic (exact) mass is 493 g/mol. The Kier molecular flexibility index (Phi) is 6.51. The molecule has 2 aliphatic rings. The van der Waals surface area contributed by atoms with E-state index in [-0.39, 0.29) is 36.0 Å². The summed E-state index contributed by atoms with van der Waals surface area (Å²) in [5.74, 6) is 1.26. The first-order valence-electron chi connectivity index (χ1n) is 12.1. The number of carbonyl (C=O) groups excluding carboxylic acids is 2. The van der Waals surface area contributed by atoms with E-state index in [4.69, 9.17) is 9.47 Å². The first kappa shape index (κ1) is 24.0. The Morgan fingerprint density at radius 1 is 0.972 bits per heavy atom. The van der Waals surface area contributed by atoms with E-state index < -0.39 is 11.5 Å². The number of aryl methyl sites for hydroxylation is 1. The van der Waals surface area contributed by atoms with Gasteiger partial charge in [-0.3, -0.25) is 9.59 Å². The second-order valence-corrected chi connectivity index (χ2v) is 9.51. The molecule has 1 fully saturated rings. The topological polar surface area (TPSA) is 105 Å². The number of benzene rings is 3. The molecule has 192 valence electrons. The number of hydrogen-bond donors (Lipinski definition) is 3. The third-order valence-corrected chi connectivity index (χ3v) is 7.11. The van der Waals surface area contributed by atoms with Gasteiger partial charge in [-0.05, 0) is 71.8 Å². The third kappa shape index (κ3) is 4.59. The Bertz CT molecular complexity index is 1310. The summed E-state index contributed by atoms with van der Waals surface area (Å²) in [7, 11) is 0. The zero-order chi connectivity index (χ0) is 25.3. The standard InChI is InChI=1S/C29H29NO6.3H2/c1-18-2-3-19(12-24(18)20-4-6-21(7-5-20)28(34)30-23(15-31)16-32)13-27(33)29(10-11-29)22-8-9-25-26(14-22)36-17-35-25;;;/h2-9,12,14,23,31-32H,10-11,13,15-17H2,1H3,(H,30,34);3*1H. The van der Waals surface area contributed by atoms with Gasteiger partial charge in [0.15, 0.2) is 11.5 Å². The van der Waals surface area contributed by atoms with Crippen molar-refractivity contribution in [2.75, 3.05) is 20.0 Å². The molecular formula is C29H35NO6. The Morgan fingerprint density at radius 3 is 2.39 bits per heavy atom. The summed E-state index contributed by atoms with van der Waals surface area (Å²) < 4.78 is 10.9. The van der Waals surface area contributed by atoms with Gasteiger partial charge in [-0.1, -0.05) is 36.4 Å². The van der Waals surface area contributed by atoms with Crippen LogP contribution in [0.15, 0.2) is 60.7 Å². The van der Waals surface area contributed by atoms with E-state index in [0.717, 1.165) is 46.4 Å². The van der Waals surface area contributed by atoms with E-state index in [0.29, 0.717) is 17.7 Å². The van der Waals surface area contributed by atoms with Gasteiger partial charge in [0.05, 0.1) is 24.7 Å². The SMILES string of the molecule is Cc1ccc(CC(=O)C2(c3ccc4c(c3)OCO4)CC2)cc1-c1ccc(C(=O)NC(CO)CO)cc1.[HH].[HH].[HH]. The second kappa shape index (κ2) is 9.76. The highest BCUT2D eigenvalue weighted by Gasteiger charge is 2.50. The fraction of sp³-hybridized carbons (Fsp3) is 0.310. The molecule has 0 radical (unpaired) electrons. The number of aliphatic hydroxyl groups is 2. The van der Waals surface area contributed by atoms with Crippen molar-refractivity contribution in [1.29, 1.82) is 0 Å². The molecule has 7 heteroatoms. The average molecular weight is 494 g/mol. The van der Waals surface area contributed by atoms with E-state index >= 15 is 0 Å². The highest BCUT2D eigenvalue weighted by molar-refractivity contribution is 5.96. The van der Waals surface area contributed by atoms with Crippen LogP contribution in [0.1, 0.15) is 44.2 Å². The predicted molar refractivity (Wildman–Crippen MR) is 141 cm³/mol. The van der Waals surface area contributed by atoms with Crippen molar-refractivity contribution < 1.29 is 33.6 Å². The highest BCUT2D eigenvalue weighted by Crippen LogP contribution is 2.51. The minimum absolute atomic E-state index is 0. The summed E-state index contributed by atoms with van der Waals surface area (Å²) in [5.41, 5.74) is 4.93. The first-order chi connectivity index (χ1) is 17.4. The summed E-state index contributed by atoms with van der Waals surface area (Å²) >= 11 is 0. The van der Waals surface area contributed by atoms with Crippen molar-refractivity contribution in [3.05, 3.63) is 82.9 Å². The molecule has 0 atom stereocenters. The van der Waals surface area contributed by atoms with Crippen molar-refractivity contribution in [3.8, 4) is 22.6 Å². The maximum absolute atomic E-state index is 13.4. The lowest BCUT2D eigenvalue weighted by molar-refractivity contribution is -0.120. The van der Waals surface area contributed by atoms with Crippen LogP contribution in [0.2, 0.25) is 0 Å². The third-order valence-electron chi connectivity index (χ3n) is 7.11. The zero-order valence-corrected chi connectivity index (χ0v) is 20.1. The van der Waals surface area contributed by atoms with Gasteiger partial charge in [0.1, 0.15) is 5.78 Å². The largest absolute Gasteiger partial charge is 0.454 e. The lowest BCUT2D eigenvalue weighted by Crippen LogP contribution is -2.40. The van der Waals surface area contributed by atoms with E-state index in [2.05, 4.69) is 5.32 Å². The molecule has 7 nitrogen and oxygen atoms in total. The lowest BCUT2D eigenvalue weighted by Gasteiger charge is -2.16. The fourth-order valence-electron chi connectivity index (χ4n) is 4.71. The molecule has 0 spiro atoms. The number of hydrogen-bond acceptors (Lipinski definition) is 6. The summed E-state index contributed by atoms with van der Waals surface area (Å²) in [6.45, 7) is 1.56. The smallest absolute Gasteiger partial charge is 0.251 e. The fourth-order valence-corrected chi connectivity index (χ4v) is 4.71. The van der Waals surface area contributed by atoms with Crippen molar-refractivity contribution in [1.82, 2.24) is 5.32 Å². The number of ketones is 1. The van der Waals surface area contributed by atoms with Gasteiger partial charge in [0.2, 0.25) is 6.79 Å². The van der Waals surface area contributed by atoms with Crippen LogP contribution in [0.25, 0.3) is 11.1 Å². The van der Waals surface area contributed by atoms with Gasteiger partial charge in [-0.2, -0.15) is 0 Å². The van der Waals surface area contributed by atoms with Crippen molar-refractivity contribution >= 4 is 11.7 Å². The highest BCUT2D eigenvalue weighted by atomic mass is 16.7. The average Bonchev–Trinajstić information content (AvgIpc) is 3.59. The number of aliphatic hydroxyl groups excluding tert-OH is 2. The van der Waals surface area contributed by atoms with Crippen LogP contribution < -0.4 is 14.8 Å².